The van der Waals surface area contributed by atoms with Crippen molar-refractivity contribution in [3.63, 3.8) is 0 Å². The van der Waals surface area contributed by atoms with Crippen LogP contribution in [-0.2, 0) is 11.3 Å². The van der Waals surface area contributed by atoms with Crippen LogP contribution in [0.15, 0.2) is 36.5 Å². The van der Waals surface area contributed by atoms with Gasteiger partial charge in [-0.1, -0.05) is 18.2 Å². The number of aldehydes is 1. The van der Waals surface area contributed by atoms with E-state index >= 15 is 0 Å². The third kappa shape index (κ3) is 1.47. The lowest BCUT2D eigenvalue weighted by atomic mass is 10.2. The van der Waals surface area contributed by atoms with Crippen LogP contribution in [0.2, 0.25) is 0 Å². The Morgan fingerprint density at radius 2 is 2.08 bits per heavy atom. The number of hydrogen-bond donors (Lipinski definition) is 0. The van der Waals surface area contributed by atoms with Crippen molar-refractivity contribution >= 4 is 17.2 Å². The number of aromatic nitrogens is 1. The van der Waals surface area contributed by atoms with Crippen molar-refractivity contribution in [2.75, 3.05) is 0 Å². The van der Waals surface area contributed by atoms with Crippen molar-refractivity contribution < 1.29 is 4.79 Å². The van der Waals surface area contributed by atoms with Gasteiger partial charge in [0.2, 0.25) is 0 Å². The van der Waals surface area contributed by atoms with E-state index < -0.39 is 0 Å². The third-order valence-electron chi connectivity index (χ3n) is 2.17. The minimum absolute atomic E-state index is 0.582. The number of rotatable bonds is 3. The van der Waals surface area contributed by atoms with Gasteiger partial charge in [-0.2, -0.15) is 0 Å². The maximum absolute atomic E-state index is 10.2. The molecule has 0 radical (unpaired) electrons. The van der Waals surface area contributed by atoms with E-state index in [1.54, 1.807) is 0 Å². The molecular formula is C11H11NO. The van der Waals surface area contributed by atoms with Crippen LogP contribution in [0.5, 0.6) is 0 Å². The van der Waals surface area contributed by atoms with Gasteiger partial charge in [0.25, 0.3) is 0 Å². The predicted molar refractivity (Wildman–Crippen MR) is 52.6 cm³/mol. The van der Waals surface area contributed by atoms with E-state index in [1.807, 2.05) is 18.3 Å². The van der Waals surface area contributed by atoms with Crippen LogP contribution in [0, 0.1) is 0 Å². The monoisotopic (exact) mass is 173 g/mol. The number of aryl methyl sites for hydroxylation is 1. The smallest absolute Gasteiger partial charge is 0.121 e. The standard InChI is InChI=1S/C11H11NO/c13-9-3-7-12-8-6-10-4-1-2-5-11(10)12/h1-2,4-6,8-9H,3,7H2. The molecule has 2 heteroatoms. The maximum atomic E-state index is 10.2. The van der Waals surface area contributed by atoms with Gasteiger partial charge in [-0.15, -0.1) is 0 Å². The van der Waals surface area contributed by atoms with Crippen LogP contribution in [0.4, 0.5) is 0 Å². The summed E-state index contributed by atoms with van der Waals surface area (Å²) < 4.78 is 2.10. The van der Waals surface area contributed by atoms with Gasteiger partial charge in [0, 0.05) is 24.7 Å². The summed E-state index contributed by atoms with van der Waals surface area (Å²) in [4.78, 5) is 10.2. The zero-order valence-corrected chi connectivity index (χ0v) is 7.31. The number of carbonyl (C=O) groups is 1. The molecule has 0 saturated carbocycles. The van der Waals surface area contributed by atoms with E-state index in [-0.39, 0.29) is 0 Å². The zero-order chi connectivity index (χ0) is 9.10. The van der Waals surface area contributed by atoms with Gasteiger partial charge in [-0.3, -0.25) is 0 Å². The van der Waals surface area contributed by atoms with Gasteiger partial charge in [0.05, 0.1) is 0 Å². The zero-order valence-electron chi connectivity index (χ0n) is 7.31. The van der Waals surface area contributed by atoms with Crippen molar-refractivity contribution in [1.29, 1.82) is 0 Å². The first kappa shape index (κ1) is 8.05. The van der Waals surface area contributed by atoms with E-state index in [1.165, 1.54) is 10.9 Å². The molecule has 0 saturated heterocycles. The molecule has 66 valence electrons. The molecule has 0 aliphatic heterocycles. The fourth-order valence-electron chi connectivity index (χ4n) is 1.53. The topological polar surface area (TPSA) is 22.0 Å². The molecule has 0 spiro atoms. The molecule has 0 bridgehead atoms. The molecule has 1 heterocycles. The van der Waals surface area contributed by atoms with Crippen molar-refractivity contribution in [2.45, 2.75) is 13.0 Å². The minimum atomic E-state index is 0.582. The van der Waals surface area contributed by atoms with Gasteiger partial charge >= 0.3 is 0 Å². The van der Waals surface area contributed by atoms with Crippen LogP contribution < -0.4 is 0 Å². The summed E-state index contributed by atoms with van der Waals surface area (Å²) in [5, 5.41) is 1.23. The first-order chi connectivity index (χ1) is 6.42. The van der Waals surface area contributed by atoms with Crippen molar-refractivity contribution in [3.8, 4) is 0 Å². The van der Waals surface area contributed by atoms with Crippen LogP contribution in [-0.4, -0.2) is 10.9 Å². The van der Waals surface area contributed by atoms with E-state index in [0.29, 0.717) is 6.42 Å². The fraction of sp³-hybridized carbons (Fsp3) is 0.182. The number of benzene rings is 1. The molecule has 2 nitrogen and oxygen atoms in total. The molecule has 2 rings (SSSR count). The fourth-order valence-corrected chi connectivity index (χ4v) is 1.53. The first-order valence-electron chi connectivity index (χ1n) is 4.39. The van der Waals surface area contributed by atoms with Crippen LogP contribution in [0.1, 0.15) is 6.42 Å². The van der Waals surface area contributed by atoms with Crippen LogP contribution in [0.3, 0.4) is 0 Å². The van der Waals surface area contributed by atoms with E-state index in [9.17, 15) is 4.79 Å². The number of carbonyl (C=O) groups excluding carboxylic acids is 1. The SMILES string of the molecule is O=CCCn1ccc2ccccc21. The molecule has 2 aromatic rings. The van der Waals surface area contributed by atoms with E-state index in [4.69, 9.17) is 0 Å². The molecule has 13 heavy (non-hydrogen) atoms. The lowest BCUT2D eigenvalue weighted by Gasteiger charge is -2.00. The van der Waals surface area contributed by atoms with E-state index in [0.717, 1.165) is 12.8 Å². The number of nitrogens with zero attached hydrogens (tertiary/aromatic N) is 1. The Hall–Kier alpha value is -1.57. The predicted octanol–water partition coefficient (Wildman–Crippen LogP) is 2.23. The Balaban J connectivity index is 2.40. The molecule has 0 unspecified atom stereocenters. The second kappa shape index (κ2) is 3.44. The first-order valence-corrected chi connectivity index (χ1v) is 4.39. The Labute approximate surface area is 76.8 Å². The van der Waals surface area contributed by atoms with Crippen molar-refractivity contribution in [2.24, 2.45) is 0 Å². The summed E-state index contributed by atoms with van der Waals surface area (Å²) in [6.45, 7) is 0.775. The highest BCUT2D eigenvalue weighted by atomic mass is 16.1. The third-order valence-corrected chi connectivity index (χ3v) is 2.17. The summed E-state index contributed by atoms with van der Waals surface area (Å²) in [7, 11) is 0. The molecular weight excluding hydrogens is 162 g/mol. The second-order valence-corrected chi connectivity index (χ2v) is 3.02. The van der Waals surface area contributed by atoms with Gasteiger partial charge < -0.3 is 9.36 Å². The largest absolute Gasteiger partial charge is 0.347 e. The average Bonchev–Trinajstić information content (AvgIpc) is 2.58. The lowest BCUT2D eigenvalue weighted by Crippen LogP contribution is -1.95. The maximum Gasteiger partial charge on any atom is 0.121 e. The number of hydrogen-bond acceptors (Lipinski definition) is 1. The van der Waals surface area contributed by atoms with E-state index in [2.05, 4.69) is 22.8 Å². The molecule has 1 aromatic carbocycles. The van der Waals surface area contributed by atoms with Gasteiger partial charge in [0.1, 0.15) is 6.29 Å². The lowest BCUT2D eigenvalue weighted by molar-refractivity contribution is -0.108. The molecule has 0 amide bonds. The Bertz CT molecular complexity index is 417. The van der Waals surface area contributed by atoms with Crippen LogP contribution in [0.25, 0.3) is 10.9 Å². The second-order valence-electron chi connectivity index (χ2n) is 3.02. The Morgan fingerprint density at radius 3 is 2.92 bits per heavy atom. The Morgan fingerprint density at radius 1 is 1.23 bits per heavy atom. The molecule has 0 aliphatic rings. The molecule has 0 N–H and O–H groups in total. The summed E-state index contributed by atoms with van der Waals surface area (Å²) >= 11 is 0. The highest BCUT2D eigenvalue weighted by molar-refractivity contribution is 5.79. The van der Waals surface area contributed by atoms with Crippen LogP contribution >= 0.6 is 0 Å². The van der Waals surface area contributed by atoms with Crippen molar-refractivity contribution in [1.82, 2.24) is 4.57 Å². The number of fused-ring (bicyclic) bond motifs is 1. The quantitative estimate of drug-likeness (QED) is 0.652. The normalized spacial score (nSPS) is 10.5. The average molecular weight is 173 g/mol. The van der Waals surface area contributed by atoms with Gasteiger partial charge in [0.15, 0.2) is 0 Å². The Kier molecular flexibility index (Phi) is 2.13. The molecule has 1 aromatic heterocycles. The summed E-state index contributed by atoms with van der Waals surface area (Å²) in [5.41, 5.74) is 1.20. The summed E-state index contributed by atoms with van der Waals surface area (Å²) in [5.74, 6) is 0. The highest BCUT2D eigenvalue weighted by Gasteiger charge is 1.97. The van der Waals surface area contributed by atoms with Gasteiger partial charge in [-0.25, -0.2) is 0 Å². The van der Waals surface area contributed by atoms with Crippen molar-refractivity contribution in [3.05, 3.63) is 36.5 Å². The molecule has 0 atom stereocenters. The minimum Gasteiger partial charge on any atom is -0.347 e. The molecule has 0 fully saturated rings. The summed E-state index contributed by atoms with van der Waals surface area (Å²) in [6.07, 6.45) is 3.56. The highest BCUT2D eigenvalue weighted by Crippen LogP contribution is 2.14. The molecule has 0 aliphatic carbocycles. The van der Waals surface area contributed by atoms with Gasteiger partial charge in [-0.05, 0) is 17.5 Å². The number of para-hydroxylation sites is 1. The summed E-state index contributed by atoms with van der Waals surface area (Å²) in [6, 6.07) is 10.2.